The Labute approximate surface area is 153 Å². The molecule has 1 aliphatic rings. The molecular weight excluding hydrogens is 359 g/mol. The summed E-state index contributed by atoms with van der Waals surface area (Å²) in [5.41, 5.74) is 2.49. The summed E-state index contributed by atoms with van der Waals surface area (Å²) >= 11 is 3.13. The monoisotopic (exact) mass is 376 g/mol. The minimum absolute atomic E-state index is 0.253. The lowest BCUT2D eigenvalue weighted by Crippen LogP contribution is -2.37. The number of thioether (sulfide) groups is 1. The van der Waals surface area contributed by atoms with Gasteiger partial charge in [0.15, 0.2) is 0 Å². The highest BCUT2D eigenvalue weighted by molar-refractivity contribution is 7.99. The Morgan fingerprint density at radius 1 is 1.16 bits per heavy atom. The molecule has 5 nitrogen and oxygen atoms in total. The number of ether oxygens (including phenoxy) is 1. The molecule has 3 aromatic rings. The van der Waals surface area contributed by atoms with E-state index in [4.69, 9.17) is 4.74 Å². The predicted octanol–water partition coefficient (Wildman–Crippen LogP) is 3.32. The molecule has 0 saturated carbocycles. The Bertz CT molecular complexity index is 849. The van der Waals surface area contributed by atoms with E-state index < -0.39 is 0 Å². The van der Waals surface area contributed by atoms with Crippen molar-refractivity contribution in [2.75, 3.05) is 38.6 Å². The normalized spacial score (nSPS) is 15.7. The highest BCUT2D eigenvalue weighted by Crippen LogP contribution is 2.34. The molecule has 25 heavy (non-hydrogen) atoms. The van der Waals surface area contributed by atoms with Crippen LogP contribution in [0.15, 0.2) is 35.6 Å². The van der Waals surface area contributed by atoms with Crippen molar-refractivity contribution in [3.05, 3.63) is 36.4 Å². The highest BCUT2D eigenvalue weighted by Gasteiger charge is 2.15. The number of fused-ring (bicyclic) bond motifs is 1. The number of hydrogen-bond donors (Lipinski definition) is 0. The van der Waals surface area contributed by atoms with Crippen LogP contribution >= 0.6 is 23.3 Å². The van der Waals surface area contributed by atoms with Gasteiger partial charge in [0.25, 0.3) is 0 Å². The van der Waals surface area contributed by atoms with Crippen LogP contribution in [0.3, 0.4) is 0 Å². The Balaban J connectivity index is 1.51. The maximum atomic E-state index is 13.1. The number of benzene rings is 1. The van der Waals surface area contributed by atoms with Crippen molar-refractivity contribution in [3.63, 3.8) is 0 Å². The van der Waals surface area contributed by atoms with Gasteiger partial charge in [0, 0.05) is 31.0 Å². The second-order valence-electron chi connectivity index (χ2n) is 5.70. The molecule has 0 N–H and O–H groups in total. The highest BCUT2D eigenvalue weighted by atomic mass is 32.2. The molecule has 4 rings (SSSR count). The molecule has 8 heteroatoms. The van der Waals surface area contributed by atoms with E-state index >= 15 is 0 Å². The van der Waals surface area contributed by atoms with Gasteiger partial charge in [-0.2, -0.15) is 4.37 Å². The zero-order valence-corrected chi connectivity index (χ0v) is 15.2. The fraction of sp³-hybridized carbons (Fsp3) is 0.353. The third kappa shape index (κ3) is 3.82. The van der Waals surface area contributed by atoms with Crippen molar-refractivity contribution >= 4 is 33.5 Å². The lowest BCUT2D eigenvalue weighted by atomic mass is 10.1. The molecule has 3 heterocycles. The van der Waals surface area contributed by atoms with Gasteiger partial charge in [0.1, 0.15) is 33.1 Å². The van der Waals surface area contributed by atoms with E-state index in [0.717, 1.165) is 65.1 Å². The standard InChI is InChI=1S/C17H17FN4OS2/c18-13-3-1-12(2-4-13)14-15-16(25-21-14)17(20-11-19-15)24-10-7-22-5-8-23-9-6-22/h1-4,11H,5-10H2. The summed E-state index contributed by atoms with van der Waals surface area (Å²) < 4.78 is 24.0. The molecule has 0 bridgehead atoms. The van der Waals surface area contributed by atoms with Crippen LogP contribution in [0.5, 0.6) is 0 Å². The fourth-order valence-corrected chi connectivity index (χ4v) is 4.66. The third-order valence-corrected chi connectivity index (χ3v) is 6.03. The number of hydrogen-bond acceptors (Lipinski definition) is 7. The first-order valence-corrected chi connectivity index (χ1v) is 9.86. The molecule has 1 saturated heterocycles. The Morgan fingerprint density at radius 3 is 2.76 bits per heavy atom. The van der Waals surface area contributed by atoms with Crippen LogP contribution in [0.1, 0.15) is 0 Å². The van der Waals surface area contributed by atoms with E-state index in [1.807, 2.05) is 0 Å². The minimum atomic E-state index is -0.253. The summed E-state index contributed by atoms with van der Waals surface area (Å²) in [7, 11) is 0. The molecule has 0 spiro atoms. The summed E-state index contributed by atoms with van der Waals surface area (Å²) in [6, 6.07) is 6.35. The van der Waals surface area contributed by atoms with Crippen LogP contribution in [-0.4, -0.2) is 57.8 Å². The number of rotatable bonds is 5. The average molecular weight is 376 g/mol. The zero-order chi connectivity index (χ0) is 17.1. The lowest BCUT2D eigenvalue weighted by molar-refractivity contribution is 0.0410. The van der Waals surface area contributed by atoms with Crippen LogP contribution in [0.2, 0.25) is 0 Å². The van der Waals surface area contributed by atoms with Gasteiger partial charge in [-0.05, 0) is 35.8 Å². The maximum absolute atomic E-state index is 13.1. The van der Waals surface area contributed by atoms with Crippen LogP contribution < -0.4 is 0 Å². The van der Waals surface area contributed by atoms with Gasteiger partial charge in [-0.3, -0.25) is 4.90 Å². The second-order valence-corrected chi connectivity index (χ2v) is 7.55. The van der Waals surface area contributed by atoms with Crippen molar-refractivity contribution in [2.45, 2.75) is 5.03 Å². The Kier molecular flexibility index (Phi) is 5.21. The summed E-state index contributed by atoms with van der Waals surface area (Å²) in [6.07, 6.45) is 1.58. The second kappa shape index (κ2) is 7.74. The van der Waals surface area contributed by atoms with E-state index in [0.29, 0.717) is 0 Å². The van der Waals surface area contributed by atoms with Crippen LogP contribution in [-0.2, 0) is 4.74 Å². The van der Waals surface area contributed by atoms with Crippen LogP contribution in [0, 0.1) is 5.82 Å². The summed E-state index contributed by atoms with van der Waals surface area (Å²) in [5.74, 6) is 0.716. The van der Waals surface area contributed by atoms with Gasteiger partial charge >= 0.3 is 0 Å². The quantitative estimate of drug-likeness (QED) is 0.503. The molecule has 0 atom stereocenters. The molecule has 1 aromatic carbocycles. The third-order valence-electron chi connectivity index (χ3n) is 4.09. The fourth-order valence-electron chi connectivity index (χ4n) is 2.74. The lowest BCUT2D eigenvalue weighted by Gasteiger charge is -2.26. The van der Waals surface area contributed by atoms with E-state index in [2.05, 4.69) is 19.2 Å². The maximum Gasteiger partial charge on any atom is 0.123 e. The van der Waals surface area contributed by atoms with Gasteiger partial charge in [-0.25, -0.2) is 14.4 Å². The first-order valence-electron chi connectivity index (χ1n) is 8.10. The number of morpholine rings is 1. The zero-order valence-electron chi connectivity index (χ0n) is 13.5. The van der Waals surface area contributed by atoms with Gasteiger partial charge in [0.2, 0.25) is 0 Å². The molecule has 0 amide bonds. The molecular formula is C17H17FN4OS2. The molecule has 130 valence electrons. The molecule has 0 radical (unpaired) electrons. The minimum Gasteiger partial charge on any atom is -0.379 e. The SMILES string of the molecule is Fc1ccc(-c2nsc3c(SCCN4CCOCC4)ncnc23)cc1. The van der Waals surface area contributed by atoms with Crippen molar-refractivity contribution in [1.82, 2.24) is 19.2 Å². The first kappa shape index (κ1) is 16.8. The molecule has 1 aliphatic heterocycles. The molecule has 0 aliphatic carbocycles. The van der Waals surface area contributed by atoms with Crippen molar-refractivity contribution in [2.24, 2.45) is 0 Å². The van der Waals surface area contributed by atoms with Crippen LogP contribution in [0.25, 0.3) is 21.5 Å². The van der Waals surface area contributed by atoms with Gasteiger partial charge in [-0.15, -0.1) is 11.8 Å². The largest absolute Gasteiger partial charge is 0.379 e. The topological polar surface area (TPSA) is 51.1 Å². The number of aromatic nitrogens is 3. The summed E-state index contributed by atoms with van der Waals surface area (Å²) in [5, 5.41) is 0.962. The van der Waals surface area contributed by atoms with Gasteiger partial charge < -0.3 is 4.74 Å². The first-order chi connectivity index (χ1) is 12.3. The van der Waals surface area contributed by atoms with E-state index in [1.165, 1.54) is 23.7 Å². The molecule has 1 fully saturated rings. The van der Waals surface area contributed by atoms with E-state index in [9.17, 15) is 4.39 Å². The Hall–Kier alpha value is -1.61. The van der Waals surface area contributed by atoms with Crippen molar-refractivity contribution < 1.29 is 9.13 Å². The Morgan fingerprint density at radius 2 is 1.96 bits per heavy atom. The summed E-state index contributed by atoms with van der Waals surface area (Å²) in [6.45, 7) is 4.64. The summed E-state index contributed by atoms with van der Waals surface area (Å²) in [4.78, 5) is 11.2. The average Bonchev–Trinajstić information content (AvgIpc) is 3.08. The van der Waals surface area contributed by atoms with Crippen LogP contribution in [0.4, 0.5) is 4.39 Å². The van der Waals surface area contributed by atoms with Crippen molar-refractivity contribution in [3.8, 4) is 11.3 Å². The number of nitrogens with zero attached hydrogens (tertiary/aromatic N) is 4. The predicted molar refractivity (Wildman–Crippen MR) is 98.6 cm³/mol. The smallest absolute Gasteiger partial charge is 0.123 e. The van der Waals surface area contributed by atoms with E-state index in [-0.39, 0.29) is 5.82 Å². The van der Waals surface area contributed by atoms with Crippen molar-refractivity contribution in [1.29, 1.82) is 0 Å². The molecule has 2 aromatic heterocycles. The molecule has 0 unspecified atom stereocenters. The number of halogens is 1. The van der Waals surface area contributed by atoms with Gasteiger partial charge in [0.05, 0.1) is 13.2 Å². The van der Waals surface area contributed by atoms with Gasteiger partial charge in [-0.1, -0.05) is 0 Å². The van der Waals surface area contributed by atoms with E-state index in [1.54, 1.807) is 30.2 Å².